The number of amides is 1. The molecule has 64 valence electrons. The fourth-order valence-electron chi connectivity index (χ4n) is 0.925. The fraction of sp³-hybridized carbons (Fsp3) is 0.875. The Kier molecular flexibility index (Phi) is 3.36. The Labute approximate surface area is 66.8 Å². The normalized spacial score (nSPS) is 16.5. The molecule has 1 fully saturated rings. The SMILES string of the molecule is O=C(CCCCO)NC1CC1. The minimum Gasteiger partial charge on any atom is -0.396 e. The molecule has 1 saturated carbocycles. The lowest BCUT2D eigenvalue weighted by atomic mass is 10.2. The predicted molar refractivity (Wildman–Crippen MR) is 42.1 cm³/mol. The first-order valence-electron chi connectivity index (χ1n) is 4.23. The number of aliphatic hydroxyl groups is 1. The van der Waals surface area contributed by atoms with Gasteiger partial charge in [0, 0.05) is 19.1 Å². The van der Waals surface area contributed by atoms with Gasteiger partial charge < -0.3 is 10.4 Å². The van der Waals surface area contributed by atoms with Gasteiger partial charge in [0.1, 0.15) is 0 Å². The smallest absolute Gasteiger partial charge is 0.220 e. The van der Waals surface area contributed by atoms with Crippen LogP contribution in [0.15, 0.2) is 0 Å². The molecule has 0 aromatic heterocycles. The first-order valence-corrected chi connectivity index (χ1v) is 4.23. The zero-order valence-corrected chi connectivity index (χ0v) is 6.68. The molecule has 2 N–H and O–H groups in total. The van der Waals surface area contributed by atoms with Crippen LogP contribution in [0.4, 0.5) is 0 Å². The lowest BCUT2D eigenvalue weighted by Crippen LogP contribution is -2.24. The van der Waals surface area contributed by atoms with Gasteiger partial charge in [-0.15, -0.1) is 0 Å². The number of hydrogen-bond acceptors (Lipinski definition) is 2. The summed E-state index contributed by atoms with van der Waals surface area (Å²) in [6.45, 7) is 0.191. The monoisotopic (exact) mass is 157 g/mol. The van der Waals surface area contributed by atoms with Crippen LogP contribution in [0, 0.1) is 0 Å². The van der Waals surface area contributed by atoms with Crippen molar-refractivity contribution in [3.63, 3.8) is 0 Å². The highest BCUT2D eigenvalue weighted by atomic mass is 16.2. The van der Waals surface area contributed by atoms with Gasteiger partial charge >= 0.3 is 0 Å². The van der Waals surface area contributed by atoms with Gasteiger partial charge in [0.15, 0.2) is 0 Å². The molecule has 0 aromatic rings. The molecular formula is C8H15NO2. The molecule has 0 aromatic carbocycles. The Morgan fingerprint density at radius 2 is 2.18 bits per heavy atom. The van der Waals surface area contributed by atoms with Gasteiger partial charge in [0.05, 0.1) is 0 Å². The Balaban J connectivity index is 1.92. The third-order valence-corrected chi connectivity index (χ3v) is 1.75. The number of carbonyl (C=O) groups is 1. The summed E-state index contributed by atoms with van der Waals surface area (Å²) in [6.07, 6.45) is 4.39. The van der Waals surface area contributed by atoms with E-state index in [0.717, 1.165) is 25.7 Å². The molecule has 11 heavy (non-hydrogen) atoms. The van der Waals surface area contributed by atoms with E-state index in [1.165, 1.54) is 0 Å². The van der Waals surface area contributed by atoms with Crippen molar-refractivity contribution in [2.24, 2.45) is 0 Å². The topological polar surface area (TPSA) is 49.3 Å². The van der Waals surface area contributed by atoms with Crippen molar-refractivity contribution in [2.75, 3.05) is 6.61 Å². The Morgan fingerprint density at radius 3 is 2.73 bits per heavy atom. The molecule has 0 atom stereocenters. The van der Waals surface area contributed by atoms with Crippen molar-refractivity contribution in [3.05, 3.63) is 0 Å². The van der Waals surface area contributed by atoms with Gasteiger partial charge in [-0.2, -0.15) is 0 Å². The first-order chi connectivity index (χ1) is 5.33. The number of carbonyl (C=O) groups excluding carboxylic acids is 1. The van der Waals surface area contributed by atoms with Crippen molar-refractivity contribution in [1.29, 1.82) is 0 Å². The van der Waals surface area contributed by atoms with Gasteiger partial charge in [-0.3, -0.25) is 4.79 Å². The molecule has 1 aliphatic rings. The first kappa shape index (κ1) is 8.53. The largest absolute Gasteiger partial charge is 0.396 e. The molecule has 3 nitrogen and oxygen atoms in total. The summed E-state index contributed by atoms with van der Waals surface area (Å²) in [5.41, 5.74) is 0. The second-order valence-corrected chi connectivity index (χ2v) is 3.02. The summed E-state index contributed by atoms with van der Waals surface area (Å²) in [6, 6.07) is 0.469. The molecule has 0 aliphatic heterocycles. The van der Waals surface area contributed by atoms with E-state index < -0.39 is 0 Å². The second-order valence-electron chi connectivity index (χ2n) is 3.02. The van der Waals surface area contributed by atoms with Gasteiger partial charge in [0.25, 0.3) is 0 Å². The molecule has 0 radical (unpaired) electrons. The molecule has 3 heteroatoms. The van der Waals surface area contributed by atoms with Crippen molar-refractivity contribution in [3.8, 4) is 0 Å². The molecule has 0 unspecified atom stereocenters. The van der Waals surface area contributed by atoms with Crippen molar-refractivity contribution < 1.29 is 9.90 Å². The highest BCUT2D eigenvalue weighted by Gasteiger charge is 2.22. The van der Waals surface area contributed by atoms with Crippen LogP contribution < -0.4 is 5.32 Å². The maximum absolute atomic E-state index is 11.0. The van der Waals surface area contributed by atoms with Gasteiger partial charge in [-0.1, -0.05) is 0 Å². The van der Waals surface area contributed by atoms with E-state index in [2.05, 4.69) is 5.32 Å². The van der Waals surface area contributed by atoms with E-state index in [9.17, 15) is 4.79 Å². The molecule has 1 amide bonds. The van der Waals surface area contributed by atoms with Crippen molar-refractivity contribution >= 4 is 5.91 Å². The summed E-state index contributed by atoms with van der Waals surface area (Å²) >= 11 is 0. The summed E-state index contributed by atoms with van der Waals surface area (Å²) < 4.78 is 0. The molecule has 0 heterocycles. The molecule has 0 saturated heterocycles. The lowest BCUT2D eigenvalue weighted by molar-refractivity contribution is -0.121. The number of rotatable bonds is 5. The third-order valence-electron chi connectivity index (χ3n) is 1.75. The van der Waals surface area contributed by atoms with Crippen LogP contribution in [0.1, 0.15) is 32.1 Å². The van der Waals surface area contributed by atoms with E-state index in [4.69, 9.17) is 5.11 Å². The van der Waals surface area contributed by atoms with Crippen LogP contribution in [0.5, 0.6) is 0 Å². The highest BCUT2D eigenvalue weighted by molar-refractivity contribution is 5.76. The third kappa shape index (κ3) is 3.98. The lowest BCUT2D eigenvalue weighted by Gasteiger charge is -2.00. The van der Waals surface area contributed by atoms with E-state index in [1.54, 1.807) is 0 Å². The predicted octanol–water partition coefficient (Wildman–Crippen LogP) is 0.428. The minimum absolute atomic E-state index is 0.140. The minimum atomic E-state index is 0.140. The van der Waals surface area contributed by atoms with E-state index in [-0.39, 0.29) is 12.5 Å². The van der Waals surface area contributed by atoms with Crippen LogP contribution in [0.2, 0.25) is 0 Å². The molecule has 0 bridgehead atoms. The summed E-state index contributed by atoms with van der Waals surface area (Å²) in [4.78, 5) is 11.0. The fourth-order valence-corrected chi connectivity index (χ4v) is 0.925. The number of unbranched alkanes of at least 4 members (excludes halogenated alkanes) is 1. The van der Waals surface area contributed by atoms with Crippen LogP contribution in [0.25, 0.3) is 0 Å². The van der Waals surface area contributed by atoms with Gasteiger partial charge in [0.2, 0.25) is 5.91 Å². The maximum atomic E-state index is 11.0. The van der Waals surface area contributed by atoms with E-state index in [1.807, 2.05) is 0 Å². The summed E-state index contributed by atoms with van der Waals surface area (Å²) in [5.74, 6) is 0.140. The molecule has 1 aliphatic carbocycles. The average molecular weight is 157 g/mol. The number of aliphatic hydroxyl groups excluding tert-OH is 1. The van der Waals surface area contributed by atoms with E-state index in [0.29, 0.717) is 12.5 Å². The Bertz CT molecular complexity index is 132. The van der Waals surface area contributed by atoms with Crippen molar-refractivity contribution in [2.45, 2.75) is 38.1 Å². The van der Waals surface area contributed by atoms with Crippen LogP contribution in [-0.2, 0) is 4.79 Å². The molecule has 1 rings (SSSR count). The standard InChI is InChI=1S/C8H15NO2/c10-6-2-1-3-8(11)9-7-4-5-7/h7,10H,1-6H2,(H,9,11). The quantitative estimate of drug-likeness (QED) is 0.568. The summed E-state index contributed by atoms with van der Waals surface area (Å²) in [7, 11) is 0. The molecule has 0 spiro atoms. The van der Waals surface area contributed by atoms with Crippen molar-refractivity contribution in [1.82, 2.24) is 5.32 Å². The second kappa shape index (κ2) is 4.34. The van der Waals surface area contributed by atoms with E-state index >= 15 is 0 Å². The van der Waals surface area contributed by atoms with Crippen LogP contribution >= 0.6 is 0 Å². The number of nitrogens with one attached hydrogen (secondary N) is 1. The Hall–Kier alpha value is -0.570. The van der Waals surface area contributed by atoms with Crippen LogP contribution in [-0.4, -0.2) is 23.7 Å². The van der Waals surface area contributed by atoms with Gasteiger partial charge in [-0.25, -0.2) is 0 Å². The zero-order valence-electron chi connectivity index (χ0n) is 6.68. The molecular weight excluding hydrogens is 142 g/mol. The zero-order chi connectivity index (χ0) is 8.10. The average Bonchev–Trinajstić information content (AvgIpc) is 2.72. The number of hydrogen-bond donors (Lipinski definition) is 2. The summed E-state index contributed by atoms with van der Waals surface area (Å²) in [5, 5.41) is 11.3. The maximum Gasteiger partial charge on any atom is 0.220 e. The Morgan fingerprint density at radius 1 is 1.45 bits per heavy atom. The highest BCUT2D eigenvalue weighted by Crippen LogP contribution is 2.18. The van der Waals surface area contributed by atoms with Crippen LogP contribution in [0.3, 0.4) is 0 Å². The van der Waals surface area contributed by atoms with Gasteiger partial charge in [-0.05, 0) is 25.7 Å².